The van der Waals surface area contributed by atoms with Crippen LogP contribution in [0.1, 0.15) is 47.1 Å². The lowest BCUT2D eigenvalue weighted by Gasteiger charge is -2.17. The molecule has 3 aromatic rings. The van der Waals surface area contributed by atoms with Crippen molar-refractivity contribution >= 4 is 22.6 Å². The minimum atomic E-state index is -0.0686. The third kappa shape index (κ3) is 6.03. The fraction of sp³-hybridized carbons (Fsp3) is 0.348. The van der Waals surface area contributed by atoms with Gasteiger partial charge in [0.1, 0.15) is 11.6 Å². The lowest BCUT2D eigenvalue weighted by atomic mass is 10.1. The van der Waals surface area contributed by atoms with Gasteiger partial charge in [0.2, 0.25) is 5.13 Å². The van der Waals surface area contributed by atoms with E-state index >= 15 is 0 Å². The SMILES string of the molecule is CCC(CCNc1nc(Cc2ccccc2C)ns1)NC(=O)c1ccc(OC)cc1. The summed E-state index contributed by atoms with van der Waals surface area (Å²) in [5.74, 6) is 1.50. The summed E-state index contributed by atoms with van der Waals surface area (Å²) in [6.45, 7) is 4.90. The predicted molar refractivity (Wildman–Crippen MR) is 122 cm³/mol. The minimum Gasteiger partial charge on any atom is -0.497 e. The summed E-state index contributed by atoms with van der Waals surface area (Å²) in [7, 11) is 1.61. The van der Waals surface area contributed by atoms with Crippen LogP contribution in [0.4, 0.5) is 5.13 Å². The van der Waals surface area contributed by atoms with Crippen LogP contribution < -0.4 is 15.4 Å². The first-order valence-electron chi connectivity index (χ1n) is 10.1. The second-order valence-corrected chi connectivity index (χ2v) is 7.89. The zero-order valence-corrected chi connectivity index (χ0v) is 18.5. The molecule has 0 radical (unpaired) electrons. The Kier molecular flexibility index (Phi) is 7.79. The normalized spacial score (nSPS) is 11.7. The Morgan fingerprint density at radius 2 is 1.93 bits per heavy atom. The van der Waals surface area contributed by atoms with Crippen LogP contribution in [0.25, 0.3) is 0 Å². The minimum absolute atomic E-state index is 0.0686. The van der Waals surface area contributed by atoms with E-state index in [2.05, 4.69) is 46.0 Å². The van der Waals surface area contributed by atoms with Crippen molar-refractivity contribution in [1.29, 1.82) is 0 Å². The van der Waals surface area contributed by atoms with E-state index in [1.807, 2.05) is 12.1 Å². The molecule has 2 N–H and O–H groups in total. The molecule has 0 fully saturated rings. The van der Waals surface area contributed by atoms with Gasteiger partial charge in [-0.25, -0.2) is 4.98 Å². The van der Waals surface area contributed by atoms with E-state index in [1.165, 1.54) is 22.7 Å². The number of hydrogen-bond donors (Lipinski definition) is 2. The van der Waals surface area contributed by atoms with Crippen LogP contribution in [0, 0.1) is 6.92 Å². The topological polar surface area (TPSA) is 76.1 Å². The van der Waals surface area contributed by atoms with Crippen LogP contribution >= 0.6 is 11.5 Å². The van der Waals surface area contributed by atoms with Crippen molar-refractivity contribution in [3.8, 4) is 5.75 Å². The highest BCUT2D eigenvalue weighted by atomic mass is 32.1. The molecule has 1 amide bonds. The summed E-state index contributed by atoms with van der Waals surface area (Å²) < 4.78 is 9.60. The molecule has 0 aliphatic heterocycles. The van der Waals surface area contributed by atoms with E-state index in [4.69, 9.17) is 4.74 Å². The van der Waals surface area contributed by atoms with Crippen LogP contribution in [0.2, 0.25) is 0 Å². The molecule has 0 bridgehead atoms. The fourth-order valence-electron chi connectivity index (χ4n) is 3.12. The van der Waals surface area contributed by atoms with Gasteiger partial charge in [0.15, 0.2) is 0 Å². The van der Waals surface area contributed by atoms with Crippen LogP contribution in [0.3, 0.4) is 0 Å². The molecule has 1 atom stereocenters. The molecular formula is C23H28N4O2S. The molecule has 0 spiro atoms. The summed E-state index contributed by atoms with van der Waals surface area (Å²) in [6, 6.07) is 15.5. The highest BCUT2D eigenvalue weighted by molar-refractivity contribution is 7.09. The van der Waals surface area contributed by atoms with Gasteiger partial charge in [-0.15, -0.1) is 0 Å². The average molecular weight is 425 g/mol. The van der Waals surface area contributed by atoms with Gasteiger partial charge in [-0.3, -0.25) is 4.79 Å². The number of methoxy groups -OCH3 is 1. The van der Waals surface area contributed by atoms with Crippen molar-refractivity contribution in [2.24, 2.45) is 0 Å². The molecule has 158 valence electrons. The first-order chi connectivity index (χ1) is 14.6. The smallest absolute Gasteiger partial charge is 0.251 e. The number of carbonyl (C=O) groups excluding carboxylic acids is 1. The van der Waals surface area contributed by atoms with Crippen LogP contribution in [-0.4, -0.2) is 35.0 Å². The Labute approximate surface area is 181 Å². The van der Waals surface area contributed by atoms with E-state index in [-0.39, 0.29) is 11.9 Å². The number of aryl methyl sites for hydroxylation is 1. The quantitative estimate of drug-likeness (QED) is 0.503. The number of hydrogen-bond acceptors (Lipinski definition) is 6. The molecule has 0 saturated carbocycles. The molecular weight excluding hydrogens is 396 g/mol. The monoisotopic (exact) mass is 424 g/mol. The summed E-state index contributed by atoms with van der Waals surface area (Å²) in [4.78, 5) is 17.0. The summed E-state index contributed by atoms with van der Waals surface area (Å²) in [5.41, 5.74) is 3.13. The maximum atomic E-state index is 12.5. The summed E-state index contributed by atoms with van der Waals surface area (Å²) >= 11 is 1.38. The van der Waals surface area contributed by atoms with Crippen LogP contribution in [0.15, 0.2) is 48.5 Å². The number of carbonyl (C=O) groups is 1. The summed E-state index contributed by atoms with van der Waals surface area (Å²) in [6.07, 6.45) is 2.41. The Morgan fingerprint density at radius 1 is 1.17 bits per heavy atom. The molecule has 2 aromatic carbocycles. The highest BCUT2D eigenvalue weighted by Gasteiger charge is 2.13. The van der Waals surface area contributed by atoms with Crippen molar-refractivity contribution in [1.82, 2.24) is 14.7 Å². The number of anilines is 1. The Hall–Kier alpha value is -2.93. The second-order valence-electron chi connectivity index (χ2n) is 7.14. The Balaban J connectivity index is 1.47. The average Bonchev–Trinajstić information content (AvgIpc) is 3.21. The zero-order valence-electron chi connectivity index (χ0n) is 17.6. The highest BCUT2D eigenvalue weighted by Crippen LogP contribution is 2.17. The molecule has 6 nitrogen and oxygen atoms in total. The first-order valence-corrected chi connectivity index (χ1v) is 10.9. The van der Waals surface area contributed by atoms with Gasteiger partial charge < -0.3 is 15.4 Å². The van der Waals surface area contributed by atoms with Gasteiger partial charge >= 0.3 is 0 Å². The van der Waals surface area contributed by atoms with E-state index in [9.17, 15) is 4.79 Å². The number of rotatable bonds is 10. The number of amides is 1. The van der Waals surface area contributed by atoms with Crippen molar-refractivity contribution in [3.05, 3.63) is 71.0 Å². The van der Waals surface area contributed by atoms with Crippen molar-refractivity contribution < 1.29 is 9.53 Å². The van der Waals surface area contributed by atoms with E-state index in [0.29, 0.717) is 5.56 Å². The van der Waals surface area contributed by atoms with Gasteiger partial charge in [0.25, 0.3) is 5.91 Å². The molecule has 1 aromatic heterocycles. The molecule has 7 heteroatoms. The van der Waals surface area contributed by atoms with E-state index < -0.39 is 0 Å². The maximum Gasteiger partial charge on any atom is 0.251 e. The molecule has 1 heterocycles. The number of nitrogens with one attached hydrogen (secondary N) is 2. The molecule has 30 heavy (non-hydrogen) atoms. The van der Waals surface area contributed by atoms with E-state index in [1.54, 1.807) is 31.4 Å². The Morgan fingerprint density at radius 3 is 2.63 bits per heavy atom. The lowest BCUT2D eigenvalue weighted by Crippen LogP contribution is -2.35. The number of nitrogens with zero attached hydrogens (tertiary/aromatic N) is 2. The third-order valence-electron chi connectivity index (χ3n) is 5.03. The van der Waals surface area contributed by atoms with Gasteiger partial charge in [-0.2, -0.15) is 4.37 Å². The molecule has 0 aliphatic rings. The third-order valence-corrected chi connectivity index (χ3v) is 5.74. The largest absolute Gasteiger partial charge is 0.497 e. The molecule has 0 aliphatic carbocycles. The van der Waals surface area contributed by atoms with Crippen LogP contribution in [0.5, 0.6) is 5.75 Å². The molecule has 1 unspecified atom stereocenters. The van der Waals surface area contributed by atoms with Gasteiger partial charge in [-0.1, -0.05) is 31.2 Å². The van der Waals surface area contributed by atoms with Gasteiger partial charge in [-0.05, 0) is 55.2 Å². The lowest BCUT2D eigenvalue weighted by molar-refractivity contribution is 0.0934. The van der Waals surface area contributed by atoms with Gasteiger partial charge in [0, 0.05) is 36.1 Å². The maximum absolute atomic E-state index is 12.5. The molecule has 0 saturated heterocycles. The Bertz CT molecular complexity index is 956. The fourth-order valence-corrected chi connectivity index (χ4v) is 3.73. The van der Waals surface area contributed by atoms with Crippen LogP contribution in [-0.2, 0) is 6.42 Å². The number of benzene rings is 2. The van der Waals surface area contributed by atoms with Gasteiger partial charge in [0.05, 0.1) is 7.11 Å². The summed E-state index contributed by atoms with van der Waals surface area (Å²) in [5, 5.41) is 7.25. The van der Waals surface area contributed by atoms with E-state index in [0.717, 1.165) is 42.5 Å². The second kappa shape index (κ2) is 10.7. The first kappa shape index (κ1) is 21.8. The van der Waals surface area contributed by atoms with Crippen molar-refractivity contribution in [2.75, 3.05) is 19.0 Å². The zero-order chi connectivity index (χ0) is 21.3. The van der Waals surface area contributed by atoms with Crippen molar-refractivity contribution in [2.45, 2.75) is 39.2 Å². The number of aromatic nitrogens is 2. The number of ether oxygens (including phenoxy) is 1. The standard InChI is InChI=1S/C23H28N4O2S/c1-4-19(25-22(28)17-9-11-20(29-3)12-10-17)13-14-24-23-26-21(27-30-23)15-18-8-6-5-7-16(18)2/h5-12,19H,4,13-15H2,1-3H3,(H,25,28)(H,24,26,27). The van der Waals surface area contributed by atoms with Crippen molar-refractivity contribution in [3.63, 3.8) is 0 Å². The molecule has 3 rings (SSSR count). The predicted octanol–water partition coefficient (Wildman–Crippen LogP) is 4.46.